The zero-order valence-corrected chi connectivity index (χ0v) is 19.3. The second-order valence-corrected chi connectivity index (χ2v) is 9.63. The average Bonchev–Trinajstić information content (AvgIpc) is 2.58. The first-order chi connectivity index (χ1) is 14.3. The summed E-state index contributed by atoms with van der Waals surface area (Å²) in [6, 6.07) is 7.12. The monoisotopic (exact) mass is 440 g/mol. The largest absolute Gasteiger partial charge is 0.478 e. The Kier molecular flexibility index (Phi) is 7.29. The van der Waals surface area contributed by atoms with Crippen molar-refractivity contribution in [2.45, 2.75) is 41.5 Å². The fourth-order valence-corrected chi connectivity index (χ4v) is 6.11. The Morgan fingerprint density at radius 3 is 1.26 bits per heavy atom. The molecule has 0 aromatic heterocycles. The van der Waals surface area contributed by atoms with Gasteiger partial charge in [-0.1, -0.05) is 35.4 Å². The molecule has 2 N–H and O–H groups in total. The first-order valence-corrected chi connectivity index (χ1v) is 10.9. The van der Waals surface area contributed by atoms with E-state index in [2.05, 4.69) is 0 Å². The molecule has 0 aliphatic heterocycles. The number of aryl methyl sites for hydroxylation is 6. The Balaban J connectivity index is 2.82. The van der Waals surface area contributed by atoms with Crippen molar-refractivity contribution in [2.75, 3.05) is 0 Å². The van der Waals surface area contributed by atoms with Gasteiger partial charge in [-0.2, -0.15) is 0 Å². The average molecular weight is 440 g/mol. The number of carboxylic acids is 2. The van der Waals surface area contributed by atoms with Crippen LogP contribution in [0.4, 0.5) is 0 Å². The first-order valence-electron chi connectivity index (χ1n) is 9.57. The van der Waals surface area contributed by atoms with Crippen LogP contribution < -0.4 is 0 Å². The van der Waals surface area contributed by atoms with Crippen LogP contribution >= 0.6 is 7.92 Å². The third-order valence-electron chi connectivity index (χ3n) is 4.91. The van der Waals surface area contributed by atoms with Gasteiger partial charge >= 0.3 is 11.9 Å². The third-order valence-corrected chi connectivity index (χ3v) is 6.97. The van der Waals surface area contributed by atoms with Crippen molar-refractivity contribution in [3.8, 4) is 0 Å². The summed E-state index contributed by atoms with van der Waals surface area (Å²) in [5, 5.41) is 18.3. The smallest absolute Gasteiger partial charge is 0.337 e. The number of hydrogen-bond acceptors (Lipinski definition) is 4. The van der Waals surface area contributed by atoms with E-state index in [0.29, 0.717) is 28.3 Å². The fourth-order valence-electron chi connectivity index (χ4n) is 3.91. The molecule has 0 amide bonds. The van der Waals surface area contributed by atoms with E-state index in [4.69, 9.17) is 0 Å². The van der Waals surface area contributed by atoms with Gasteiger partial charge in [0.15, 0.2) is 11.0 Å². The highest BCUT2D eigenvalue weighted by atomic mass is 31.1. The molecule has 0 bridgehead atoms. The summed E-state index contributed by atoms with van der Waals surface area (Å²) in [4.78, 5) is 50.6. The number of carbonyl (C=O) groups is 4. The summed E-state index contributed by atoms with van der Waals surface area (Å²) < 4.78 is 0. The Morgan fingerprint density at radius 2 is 1.00 bits per heavy atom. The van der Waals surface area contributed by atoms with Gasteiger partial charge in [-0.25, -0.2) is 9.59 Å². The number of rotatable bonds is 7. The SMILES string of the molecule is Cc1cc(C)c(C(=O)P(C(=O)c2c(C)cc(C)cc2C)/C(=C\C(=O)O)C(=O)O)c(C)c1. The van der Waals surface area contributed by atoms with Gasteiger partial charge in [0.05, 0.1) is 13.2 Å². The van der Waals surface area contributed by atoms with Crippen LogP contribution in [-0.4, -0.2) is 33.2 Å². The van der Waals surface area contributed by atoms with Gasteiger partial charge in [0.1, 0.15) is 0 Å². The van der Waals surface area contributed by atoms with Crippen molar-refractivity contribution >= 4 is 30.9 Å². The molecule has 162 valence electrons. The highest BCUT2D eigenvalue weighted by Gasteiger charge is 2.38. The van der Waals surface area contributed by atoms with Gasteiger partial charge in [0.25, 0.3) is 0 Å². The van der Waals surface area contributed by atoms with Crippen LogP contribution in [0.3, 0.4) is 0 Å². The minimum atomic E-state index is -2.65. The van der Waals surface area contributed by atoms with Crippen molar-refractivity contribution in [2.24, 2.45) is 0 Å². The fraction of sp³-hybridized carbons (Fsp3) is 0.250. The summed E-state index contributed by atoms with van der Waals surface area (Å²) in [6.45, 7) is 10.6. The quantitative estimate of drug-likeness (QED) is 0.461. The van der Waals surface area contributed by atoms with E-state index in [1.165, 1.54) is 0 Å². The maximum atomic E-state index is 13.6. The number of hydrogen-bond donors (Lipinski definition) is 2. The first kappa shape index (κ1) is 24.2. The molecule has 0 saturated carbocycles. The standard InChI is InChI=1S/C24H25O6P/c1-12-7-14(3)20(15(4)8-12)23(29)31(18(22(27)28)11-19(25)26)24(30)21-16(5)9-13(2)10-17(21)6/h7-11H,1-6H3,(H,25,26)(H,27,28)/b18-11-. The lowest BCUT2D eigenvalue weighted by atomic mass is 10.0. The van der Waals surface area contributed by atoms with E-state index in [0.717, 1.165) is 11.1 Å². The molecule has 0 saturated heterocycles. The van der Waals surface area contributed by atoms with E-state index in [1.54, 1.807) is 52.0 Å². The Labute approximate surface area is 182 Å². The molecular weight excluding hydrogens is 415 g/mol. The maximum Gasteiger partial charge on any atom is 0.337 e. The number of benzene rings is 2. The van der Waals surface area contributed by atoms with E-state index >= 15 is 0 Å². The van der Waals surface area contributed by atoms with Gasteiger partial charge < -0.3 is 10.2 Å². The van der Waals surface area contributed by atoms with Crippen molar-refractivity contribution in [1.82, 2.24) is 0 Å². The molecule has 0 radical (unpaired) electrons. The predicted molar refractivity (Wildman–Crippen MR) is 120 cm³/mol. The van der Waals surface area contributed by atoms with E-state index in [9.17, 15) is 29.4 Å². The topological polar surface area (TPSA) is 109 Å². The molecule has 0 atom stereocenters. The summed E-state index contributed by atoms with van der Waals surface area (Å²) >= 11 is 0. The van der Waals surface area contributed by atoms with Crippen LogP contribution in [0.15, 0.2) is 35.7 Å². The highest BCUT2D eigenvalue weighted by molar-refractivity contribution is 7.94. The van der Waals surface area contributed by atoms with Gasteiger partial charge in [-0.05, 0) is 63.8 Å². The molecule has 7 heteroatoms. The maximum absolute atomic E-state index is 13.6. The summed E-state index contributed by atoms with van der Waals surface area (Å²) in [6.07, 6.45) is 0.460. The lowest BCUT2D eigenvalue weighted by Gasteiger charge is -2.21. The second kappa shape index (κ2) is 9.36. The second-order valence-electron chi connectivity index (χ2n) is 7.67. The molecule has 6 nitrogen and oxygen atoms in total. The molecule has 2 aromatic carbocycles. The molecule has 31 heavy (non-hydrogen) atoms. The van der Waals surface area contributed by atoms with Crippen molar-refractivity contribution in [1.29, 1.82) is 0 Å². The lowest BCUT2D eigenvalue weighted by Crippen LogP contribution is -2.17. The van der Waals surface area contributed by atoms with E-state index in [-0.39, 0.29) is 11.1 Å². The van der Waals surface area contributed by atoms with Gasteiger partial charge in [-0.15, -0.1) is 0 Å². The van der Waals surface area contributed by atoms with E-state index in [1.807, 2.05) is 13.8 Å². The van der Waals surface area contributed by atoms with Crippen molar-refractivity contribution in [3.05, 3.63) is 80.2 Å². The number of carboxylic acid groups (broad SMARTS) is 2. The number of aliphatic carboxylic acids is 2. The van der Waals surface area contributed by atoms with Crippen LogP contribution in [0, 0.1) is 41.5 Å². The molecule has 2 aromatic rings. The van der Waals surface area contributed by atoms with Gasteiger partial charge in [0.2, 0.25) is 0 Å². The Bertz CT molecular complexity index is 1030. The molecule has 0 fully saturated rings. The van der Waals surface area contributed by atoms with Crippen LogP contribution in [0.1, 0.15) is 54.1 Å². The zero-order chi connectivity index (χ0) is 23.6. The van der Waals surface area contributed by atoms with Gasteiger partial charge in [0, 0.05) is 17.2 Å². The molecule has 2 rings (SSSR count). The summed E-state index contributed by atoms with van der Waals surface area (Å²) in [5.74, 6) is -3.12. The molecule has 0 aliphatic rings. The molecule has 0 unspecified atom stereocenters. The molecular formula is C24H25O6P. The zero-order valence-electron chi connectivity index (χ0n) is 18.4. The van der Waals surface area contributed by atoms with E-state index < -0.39 is 36.2 Å². The van der Waals surface area contributed by atoms with Crippen molar-refractivity contribution < 1.29 is 29.4 Å². The molecule has 0 spiro atoms. The normalized spacial score (nSPS) is 11.5. The Hall–Kier alpha value is -3.11. The summed E-state index contributed by atoms with van der Waals surface area (Å²) in [5.41, 5.74) is 3.48. The third kappa shape index (κ3) is 5.15. The van der Waals surface area contributed by atoms with Crippen molar-refractivity contribution in [3.63, 3.8) is 0 Å². The van der Waals surface area contributed by atoms with Crippen LogP contribution in [0.25, 0.3) is 0 Å². The van der Waals surface area contributed by atoms with Gasteiger partial charge in [-0.3, -0.25) is 9.59 Å². The van der Waals surface area contributed by atoms with Crippen LogP contribution in [-0.2, 0) is 9.59 Å². The highest BCUT2D eigenvalue weighted by Crippen LogP contribution is 2.52. The Morgan fingerprint density at radius 1 is 0.677 bits per heavy atom. The predicted octanol–water partition coefficient (Wildman–Crippen LogP) is 5.05. The van der Waals surface area contributed by atoms with Crippen LogP contribution in [0.5, 0.6) is 0 Å². The number of carbonyl (C=O) groups excluding carboxylic acids is 2. The summed E-state index contributed by atoms with van der Waals surface area (Å²) in [7, 11) is -2.65. The lowest BCUT2D eigenvalue weighted by molar-refractivity contribution is -0.134. The molecule has 0 aliphatic carbocycles. The molecule has 0 heterocycles. The minimum Gasteiger partial charge on any atom is -0.478 e. The minimum absolute atomic E-state index is 0.255. The van der Waals surface area contributed by atoms with Crippen LogP contribution in [0.2, 0.25) is 0 Å².